The number of rotatable bonds is 8. The molecule has 1 saturated carbocycles. The van der Waals surface area contributed by atoms with Gasteiger partial charge in [-0.1, -0.05) is 39.2 Å². The lowest BCUT2D eigenvalue weighted by Gasteiger charge is -2.24. The molecule has 0 unspecified atom stereocenters. The van der Waals surface area contributed by atoms with E-state index in [1.807, 2.05) is 44.2 Å². The number of aldehydes is 1. The van der Waals surface area contributed by atoms with Crippen LogP contribution in [0.25, 0.3) is 33.8 Å². The van der Waals surface area contributed by atoms with Gasteiger partial charge in [0.1, 0.15) is 12.0 Å². The van der Waals surface area contributed by atoms with E-state index in [-0.39, 0.29) is 5.56 Å². The summed E-state index contributed by atoms with van der Waals surface area (Å²) in [5.41, 5.74) is 7.91. The first-order chi connectivity index (χ1) is 20.3. The van der Waals surface area contributed by atoms with E-state index < -0.39 is 11.4 Å². The Balaban J connectivity index is 1.60. The highest BCUT2D eigenvalue weighted by molar-refractivity contribution is 6.01. The Morgan fingerprint density at radius 1 is 1.14 bits per heavy atom. The van der Waals surface area contributed by atoms with Crippen LogP contribution in [0.3, 0.4) is 0 Å². The lowest BCUT2D eigenvalue weighted by atomic mass is 9.81. The lowest BCUT2D eigenvalue weighted by molar-refractivity contribution is -0.114. The van der Waals surface area contributed by atoms with Crippen LogP contribution in [0, 0.1) is 5.41 Å². The average molecular weight is 564 g/mol. The minimum absolute atomic E-state index is 0.277. The summed E-state index contributed by atoms with van der Waals surface area (Å²) in [4.78, 5) is 28.5. The van der Waals surface area contributed by atoms with Gasteiger partial charge in [0.2, 0.25) is 0 Å². The number of methoxy groups -OCH3 is 1. The molecule has 2 aliphatic rings. The van der Waals surface area contributed by atoms with Gasteiger partial charge in [-0.25, -0.2) is 4.79 Å². The summed E-state index contributed by atoms with van der Waals surface area (Å²) < 4.78 is 7.94. The fraction of sp³-hybridized carbons (Fsp3) is 0.343. The van der Waals surface area contributed by atoms with Crippen molar-refractivity contribution >= 4 is 40.5 Å². The second-order valence-corrected chi connectivity index (χ2v) is 12.2. The number of carboxylic acids is 1. The van der Waals surface area contributed by atoms with Gasteiger partial charge in [-0.15, -0.1) is 0 Å². The molecule has 1 aliphatic heterocycles. The number of aromatic carboxylic acids is 1. The van der Waals surface area contributed by atoms with Crippen molar-refractivity contribution in [3.05, 3.63) is 77.1 Å². The number of allylic oxidation sites excluding steroid dienone is 1. The van der Waals surface area contributed by atoms with Gasteiger partial charge in [0.15, 0.2) is 0 Å². The molecule has 2 aromatic carbocycles. The van der Waals surface area contributed by atoms with Crippen LogP contribution in [0.4, 0.5) is 5.69 Å². The van der Waals surface area contributed by atoms with E-state index in [4.69, 9.17) is 9.72 Å². The monoisotopic (exact) mass is 563 g/mol. The summed E-state index contributed by atoms with van der Waals surface area (Å²) in [5.74, 6) is 0.242. The van der Waals surface area contributed by atoms with E-state index in [0.717, 1.165) is 69.6 Å². The SMILES string of the molecule is COc1ccc2c(c1)C=C(c1ncccc1NCC(C)(C)C=O)Cn1c-2c(C2CCCCC2)c2ccc(C(=O)O)cc21. The van der Waals surface area contributed by atoms with Gasteiger partial charge in [0, 0.05) is 40.2 Å². The molecule has 6 rings (SSSR count). The third-order valence-electron chi connectivity index (χ3n) is 8.70. The highest BCUT2D eigenvalue weighted by atomic mass is 16.5. The first kappa shape index (κ1) is 27.8. The summed E-state index contributed by atoms with van der Waals surface area (Å²) in [7, 11) is 1.68. The summed E-state index contributed by atoms with van der Waals surface area (Å²) in [6.45, 7) is 4.79. The van der Waals surface area contributed by atoms with Crippen LogP contribution < -0.4 is 10.1 Å². The Hall–Kier alpha value is -4.39. The zero-order valence-corrected chi connectivity index (χ0v) is 24.4. The van der Waals surface area contributed by atoms with E-state index in [1.165, 1.54) is 24.8 Å². The first-order valence-electron chi connectivity index (χ1n) is 14.7. The maximum atomic E-state index is 12.1. The molecule has 0 atom stereocenters. The molecule has 216 valence electrons. The van der Waals surface area contributed by atoms with Crippen LogP contribution in [0.1, 0.15) is 79.0 Å². The van der Waals surface area contributed by atoms with Crippen molar-refractivity contribution in [3.63, 3.8) is 0 Å². The predicted molar refractivity (Wildman–Crippen MR) is 167 cm³/mol. The maximum absolute atomic E-state index is 12.1. The number of carbonyl (C=O) groups is 2. The normalized spacial score (nSPS) is 15.4. The molecule has 0 amide bonds. The first-order valence-corrected chi connectivity index (χ1v) is 14.7. The number of hydrogen-bond acceptors (Lipinski definition) is 5. The number of ether oxygens (including phenoxy) is 1. The van der Waals surface area contributed by atoms with Crippen molar-refractivity contribution in [2.75, 3.05) is 19.0 Å². The van der Waals surface area contributed by atoms with Crippen LogP contribution in [-0.4, -0.2) is 40.6 Å². The fourth-order valence-corrected chi connectivity index (χ4v) is 6.49. The molecule has 0 spiro atoms. The van der Waals surface area contributed by atoms with Crippen LogP contribution in [0.15, 0.2) is 54.7 Å². The minimum Gasteiger partial charge on any atom is -0.497 e. The van der Waals surface area contributed by atoms with Crippen molar-refractivity contribution in [1.82, 2.24) is 9.55 Å². The molecular weight excluding hydrogens is 526 g/mol. The fourth-order valence-electron chi connectivity index (χ4n) is 6.49. The number of carboxylic acid groups (broad SMARTS) is 1. The Morgan fingerprint density at radius 3 is 2.69 bits per heavy atom. The number of benzene rings is 2. The Labute approximate surface area is 246 Å². The van der Waals surface area contributed by atoms with Crippen molar-refractivity contribution < 1.29 is 19.4 Å². The molecule has 0 saturated heterocycles. The molecule has 7 heteroatoms. The van der Waals surface area contributed by atoms with Gasteiger partial charge in [-0.2, -0.15) is 0 Å². The molecule has 3 heterocycles. The van der Waals surface area contributed by atoms with Crippen molar-refractivity contribution in [2.45, 2.75) is 58.4 Å². The molecule has 2 aromatic heterocycles. The minimum atomic E-state index is -0.935. The zero-order chi connectivity index (χ0) is 29.4. The number of aromatic nitrogens is 2. The summed E-state index contributed by atoms with van der Waals surface area (Å²) in [5, 5.41) is 14.5. The Bertz CT molecular complexity index is 1710. The Morgan fingerprint density at radius 2 is 1.95 bits per heavy atom. The highest BCUT2D eigenvalue weighted by Gasteiger charge is 2.30. The van der Waals surface area contributed by atoms with Gasteiger partial charge in [-0.05, 0) is 78.4 Å². The van der Waals surface area contributed by atoms with Crippen molar-refractivity contribution in [3.8, 4) is 17.0 Å². The van der Waals surface area contributed by atoms with E-state index in [0.29, 0.717) is 19.0 Å². The van der Waals surface area contributed by atoms with Gasteiger partial charge < -0.3 is 24.5 Å². The van der Waals surface area contributed by atoms with Crippen molar-refractivity contribution in [1.29, 1.82) is 0 Å². The zero-order valence-electron chi connectivity index (χ0n) is 24.4. The van der Waals surface area contributed by atoms with Crippen LogP contribution in [0.2, 0.25) is 0 Å². The number of hydrogen-bond donors (Lipinski definition) is 2. The summed E-state index contributed by atoms with van der Waals surface area (Å²) in [6, 6.07) is 15.7. The molecule has 2 N–H and O–H groups in total. The number of anilines is 1. The standard InChI is InChI=1S/C35H37N3O4/c1-35(2,21-39)20-37-29-10-7-15-36-32(29)25-16-24-17-26(42-3)12-14-27(24)33-31(22-8-5-4-6-9-22)28-13-11-23(34(40)41)18-30(28)38(33)19-25/h7,10-18,21-22,37H,4-6,8-9,19-20H2,1-3H3,(H,40,41). The summed E-state index contributed by atoms with van der Waals surface area (Å²) in [6.07, 6.45) is 10.8. The molecule has 4 aromatic rings. The largest absolute Gasteiger partial charge is 0.497 e. The summed E-state index contributed by atoms with van der Waals surface area (Å²) >= 11 is 0. The van der Waals surface area contributed by atoms with Gasteiger partial charge in [-0.3, -0.25) is 4.98 Å². The van der Waals surface area contributed by atoms with Gasteiger partial charge >= 0.3 is 5.97 Å². The third-order valence-corrected chi connectivity index (χ3v) is 8.70. The number of pyridine rings is 1. The van der Waals surface area contributed by atoms with Gasteiger partial charge in [0.25, 0.3) is 0 Å². The van der Waals surface area contributed by atoms with E-state index in [9.17, 15) is 14.7 Å². The average Bonchev–Trinajstić information content (AvgIpc) is 3.23. The van der Waals surface area contributed by atoms with E-state index in [1.54, 1.807) is 19.4 Å². The second kappa shape index (κ2) is 11.1. The van der Waals surface area contributed by atoms with E-state index in [2.05, 4.69) is 28.1 Å². The molecule has 1 fully saturated rings. The predicted octanol–water partition coefficient (Wildman–Crippen LogP) is 7.65. The molecular formula is C35H37N3O4. The topological polar surface area (TPSA) is 93.5 Å². The molecule has 7 nitrogen and oxygen atoms in total. The molecule has 0 bridgehead atoms. The quantitative estimate of drug-likeness (QED) is 0.214. The number of nitrogens with zero attached hydrogens (tertiary/aromatic N) is 2. The maximum Gasteiger partial charge on any atom is 0.335 e. The van der Waals surface area contributed by atoms with Crippen LogP contribution >= 0.6 is 0 Å². The third kappa shape index (κ3) is 5.08. The number of carbonyl (C=O) groups excluding carboxylic acids is 1. The van der Waals surface area contributed by atoms with Crippen LogP contribution in [0.5, 0.6) is 5.75 Å². The van der Waals surface area contributed by atoms with Gasteiger partial charge in [0.05, 0.1) is 36.3 Å². The smallest absolute Gasteiger partial charge is 0.335 e. The molecule has 0 radical (unpaired) electrons. The Kier molecular flexibility index (Phi) is 7.35. The molecule has 1 aliphatic carbocycles. The lowest BCUT2D eigenvalue weighted by Crippen LogP contribution is -2.25. The van der Waals surface area contributed by atoms with Crippen molar-refractivity contribution in [2.24, 2.45) is 5.41 Å². The highest BCUT2D eigenvalue weighted by Crippen LogP contribution is 2.48. The second-order valence-electron chi connectivity index (χ2n) is 12.2. The number of fused-ring (bicyclic) bond motifs is 5. The number of nitrogens with one attached hydrogen (secondary N) is 1. The molecule has 42 heavy (non-hydrogen) atoms. The van der Waals surface area contributed by atoms with E-state index >= 15 is 0 Å². The van der Waals surface area contributed by atoms with Crippen LogP contribution in [-0.2, 0) is 11.3 Å².